The lowest BCUT2D eigenvalue weighted by atomic mass is 9.83. The Morgan fingerprint density at radius 3 is 2.61 bits per heavy atom. The second kappa shape index (κ2) is 7.88. The maximum atomic E-state index is 12.5. The van der Waals surface area contributed by atoms with Gasteiger partial charge in [0.15, 0.2) is 5.34 Å². The van der Waals surface area contributed by atoms with Gasteiger partial charge >= 0.3 is 13.3 Å². The summed E-state index contributed by atoms with van der Waals surface area (Å²) in [5.41, 5.74) is 4.90. The summed E-state index contributed by atoms with van der Waals surface area (Å²) in [6.07, 6.45) is 2.56. The first kappa shape index (κ1) is 23.0. The topological polar surface area (TPSA) is 137 Å². The summed E-state index contributed by atoms with van der Waals surface area (Å²) in [5, 5.41) is 8.12. The minimum Gasteiger partial charge on any atom is -0.383 e. The molecule has 0 saturated carbocycles. The van der Waals surface area contributed by atoms with Gasteiger partial charge in [0.25, 0.3) is 0 Å². The molecule has 5 atom stereocenters. The highest BCUT2D eigenvalue weighted by Gasteiger charge is 2.48. The van der Waals surface area contributed by atoms with Crippen LogP contribution in [0.3, 0.4) is 0 Å². The van der Waals surface area contributed by atoms with Gasteiger partial charge in [-0.15, -0.1) is 0 Å². The van der Waals surface area contributed by atoms with Gasteiger partial charge < -0.3 is 20.5 Å². The molecule has 0 bridgehead atoms. The first-order valence-electron chi connectivity index (χ1n) is 9.48. The SMILES string of the molecule is CCC(C)(OP(=O)(O)C(C)(C)O)C(C)C1CCC(n2cc(C)c(N)nc2=O)O1. The lowest BCUT2D eigenvalue weighted by Crippen LogP contribution is -2.43. The van der Waals surface area contributed by atoms with Crippen molar-refractivity contribution in [3.05, 3.63) is 22.2 Å². The first-order valence-corrected chi connectivity index (χ1v) is 11.1. The highest BCUT2D eigenvalue weighted by atomic mass is 31.2. The molecule has 0 aromatic carbocycles. The van der Waals surface area contributed by atoms with Gasteiger partial charge in [0, 0.05) is 17.7 Å². The van der Waals surface area contributed by atoms with Crippen LogP contribution in [-0.4, -0.2) is 36.6 Å². The Morgan fingerprint density at radius 2 is 2.07 bits per heavy atom. The standard InChI is InChI=1S/C18H32N3O6P/c1-7-18(6,27-28(24,25)17(4,5)23)12(3)13-8-9-14(26-13)21-10-11(2)15(19)20-16(21)22/h10,12-14,23H,7-9H2,1-6H3,(H,24,25)(H2,19,20,22). The molecule has 1 aliphatic rings. The molecule has 1 fully saturated rings. The van der Waals surface area contributed by atoms with Crippen molar-refractivity contribution in [3.63, 3.8) is 0 Å². The highest BCUT2D eigenvalue weighted by molar-refractivity contribution is 7.54. The van der Waals surface area contributed by atoms with E-state index in [-0.39, 0.29) is 17.8 Å². The molecule has 0 radical (unpaired) electrons. The molecule has 0 spiro atoms. The minimum absolute atomic E-state index is 0.196. The van der Waals surface area contributed by atoms with Crippen LogP contribution in [0.15, 0.2) is 11.0 Å². The van der Waals surface area contributed by atoms with Crippen molar-refractivity contribution in [2.75, 3.05) is 5.73 Å². The summed E-state index contributed by atoms with van der Waals surface area (Å²) in [5.74, 6) is -0.0645. The van der Waals surface area contributed by atoms with E-state index in [0.717, 1.165) is 0 Å². The zero-order chi connectivity index (χ0) is 21.5. The molecular weight excluding hydrogens is 385 g/mol. The highest BCUT2D eigenvalue weighted by Crippen LogP contribution is 2.58. The van der Waals surface area contributed by atoms with Gasteiger partial charge in [-0.2, -0.15) is 4.98 Å². The summed E-state index contributed by atoms with van der Waals surface area (Å²) >= 11 is 0. The van der Waals surface area contributed by atoms with Crippen LogP contribution in [0.1, 0.15) is 65.7 Å². The Morgan fingerprint density at radius 1 is 1.46 bits per heavy atom. The normalized spacial score (nSPS) is 25.9. The van der Waals surface area contributed by atoms with Gasteiger partial charge in [-0.1, -0.05) is 13.8 Å². The van der Waals surface area contributed by atoms with Crippen LogP contribution in [0.4, 0.5) is 5.82 Å². The van der Waals surface area contributed by atoms with Gasteiger partial charge in [-0.3, -0.25) is 13.7 Å². The molecule has 1 saturated heterocycles. The van der Waals surface area contributed by atoms with E-state index in [1.165, 1.54) is 18.4 Å². The molecule has 28 heavy (non-hydrogen) atoms. The van der Waals surface area contributed by atoms with Gasteiger partial charge in [-0.25, -0.2) is 4.79 Å². The molecular formula is C18H32N3O6P. The van der Waals surface area contributed by atoms with Crippen molar-refractivity contribution < 1.29 is 23.8 Å². The Kier molecular flexibility index (Phi) is 6.48. The average molecular weight is 417 g/mol. The third-order valence-corrected chi connectivity index (χ3v) is 7.81. The summed E-state index contributed by atoms with van der Waals surface area (Å²) in [7, 11) is -4.28. The number of aryl methyl sites for hydroxylation is 1. The molecule has 5 unspecified atom stereocenters. The average Bonchev–Trinajstić information content (AvgIpc) is 3.05. The van der Waals surface area contributed by atoms with Crippen molar-refractivity contribution in [1.82, 2.24) is 9.55 Å². The van der Waals surface area contributed by atoms with E-state index >= 15 is 0 Å². The van der Waals surface area contributed by atoms with Crippen molar-refractivity contribution >= 4 is 13.4 Å². The number of nitrogen functional groups attached to an aromatic ring is 1. The molecule has 10 heteroatoms. The largest absolute Gasteiger partial charge is 0.383 e. The minimum atomic E-state index is -4.28. The van der Waals surface area contributed by atoms with Crippen LogP contribution in [0, 0.1) is 12.8 Å². The summed E-state index contributed by atoms with van der Waals surface area (Å²) in [6, 6.07) is 0. The number of nitrogens with zero attached hydrogens (tertiary/aromatic N) is 2. The van der Waals surface area contributed by atoms with Crippen molar-refractivity contribution in [2.24, 2.45) is 5.92 Å². The third-order valence-electron chi connectivity index (χ3n) is 5.76. The van der Waals surface area contributed by atoms with Gasteiger partial charge in [0.05, 0.1) is 11.7 Å². The van der Waals surface area contributed by atoms with Crippen molar-refractivity contribution in [1.29, 1.82) is 0 Å². The van der Waals surface area contributed by atoms with E-state index in [9.17, 15) is 19.4 Å². The van der Waals surface area contributed by atoms with E-state index in [2.05, 4.69) is 4.98 Å². The third kappa shape index (κ3) is 4.49. The van der Waals surface area contributed by atoms with Crippen molar-refractivity contribution in [2.45, 2.75) is 84.1 Å². The van der Waals surface area contributed by atoms with Gasteiger partial charge in [-0.05, 0) is 47.0 Å². The number of aliphatic hydroxyl groups is 1. The summed E-state index contributed by atoms with van der Waals surface area (Å²) in [6.45, 7) is 9.75. The molecule has 1 aliphatic heterocycles. The number of hydrogen-bond acceptors (Lipinski definition) is 7. The molecule has 9 nitrogen and oxygen atoms in total. The van der Waals surface area contributed by atoms with Gasteiger partial charge in [0.2, 0.25) is 0 Å². The van der Waals surface area contributed by atoms with E-state index in [4.69, 9.17) is 15.0 Å². The zero-order valence-electron chi connectivity index (χ0n) is 17.4. The lowest BCUT2D eigenvalue weighted by Gasteiger charge is -2.41. The van der Waals surface area contributed by atoms with Crippen LogP contribution in [0.5, 0.6) is 0 Å². The first-order chi connectivity index (χ1) is 12.7. The van der Waals surface area contributed by atoms with E-state index in [1.807, 2.05) is 13.8 Å². The zero-order valence-corrected chi connectivity index (χ0v) is 18.3. The molecule has 2 rings (SSSR count). The Hall–Kier alpha value is -1.25. The van der Waals surface area contributed by atoms with Crippen LogP contribution < -0.4 is 11.4 Å². The maximum Gasteiger partial charge on any atom is 0.359 e. The van der Waals surface area contributed by atoms with Crippen LogP contribution in [-0.2, 0) is 13.8 Å². The molecule has 1 aromatic rings. The molecule has 160 valence electrons. The van der Waals surface area contributed by atoms with E-state index < -0.39 is 30.5 Å². The number of ether oxygens (including phenoxy) is 1. The maximum absolute atomic E-state index is 12.5. The number of aromatic nitrogens is 2. The van der Waals surface area contributed by atoms with Crippen molar-refractivity contribution in [3.8, 4) is 0 Å². The summed E-state index contributed by atoms with van der Waals surface area (Å²) < 4.78 is 25.6. The molecule has 2 heterocycles. The number of nitrogens with two attached hydrogens (primary N) is 1. The molecule has 1 aromatic heterocycles. The van der Waals surface area contributed by atoms with E-state index in [1.54, 1.807) is 20.0 Å². The van der Waals surface area contributed by atoms with Crippen LogP contribution in [0.25, 0.3) is 0 Å². The predicted octanol–water partition coefficient (Wildman–Crippen LogP) is 2.55. The Bertz CT molecular complexity index is 821. The monoisotopic (exact) mass is 417 g/mol. The predicted molar refractivity (Wildman–Crippen MR) is 106 cm³/mol. The molecule has 0 amide bonds. The fraction of sp³-hybridized carbons (Fsp3) is 0.778. The van der Waals surface area contributed by atoms with Gasteiger partial charge in [0.1, 0.15) is 12.0 Å². The van der Waals surface area contributed by atoms with E-state index in [0.29, 0.717) is 24.8 Å². The summed E-state index contributed by atoms with van der Waals surface area (Å²) in [4.78, 5) is 26.2. The number of anilines is 1. The molecule has 4 N–H and O–H groups in total. The fourth-order valence-corrected chi connectivity index (χ4v) is 4.34. The molecule has 0 aliphatic carbocycles. The Balaban J connectivity index is 2.20. The second-order valence-corrected chi connectivity index (χ2v) is 10.6. The number of rotatable bonds is 7. The van der Waals surface area contributed by atoms with Crippen LogP contribution in [0.2, 0.25) is 0 Å². The lowest BCUT2D eigenvalue weighted by molar-refractivity contribution is -0.0878. The van der Waals surface area contributed by atoms with Crippen LogP contribution >= 0.6 is 7.60 Å². The number of hydrogen-bond donors (Lipinski definition) is 3. The Labute approximate surface area is 165 Å². The smallest absolute Gasteiger partial charge is 0.359 e. The second-order valence-electron chi connectivity index (χ2n) is 8.27. The quantitative estimate of drug-likeness (QED) is 0.576. The fourth-order valence-electron chi connectivity index (χ4n) is 3.26.